The first-order chi connectivity index (χ1) is 8.88. The summed E-state index contributed by atoms with van der Waals surface area (Å²) in [7, 11) is 0. The van der Waals surface area contributed by atoms with Crippen LogP contribution in [0.2, 0.25) is 0 Å². The highest BCUT2D eigenvalue weighted by atomic mass is 19.2. The van der Waals surface area contributed by atoms with Crippen LogP contribution in [0.25, 0.3) is 5.69 Å². The standard InChI is InChI=1S/C12H12F3N3O/c1-3-17-6(2)11(16)12(19)18(17)7-4-8(13)10(15)9(14)5-7/h4-5H,3,16H2,1-2H3. The Morgan fingerprint density at radius 2 is 1.74 bits per heavy atom. The van der Waals surface area contributed by atoms with E-state index in [1.165, 1.54) is 4.68 Å². The minimum absolute atomic E-state index is 0.00742. The predicted molar refractivity (Wildman–Crippen MR) is 64.7 cm³/mol. The first kappa shape index (κ1) is 13.3. The fourth-order valence-electron chi connectivity index (χ4n) is 1.97. The fourth-order valence-corrected chi connectivity index (χ4v) is 1.97. The lowest BCUT2D eigenvalue weighted by Crippen LogP contribution is -2.22. The normalized spacial score (nSPS) is 11.0. The molecule has 7 heteroatoms. The molecular weight excluding hydrogens is 259 g/mol. The molecule has 0 aliphatic heterocycles. The highest BCUT2D eigenvalue weighted by molar-refractivity contribution is 5.45. The van der Waals surface area contributed by atoms with Crippen LogP contribution in [-0.2, 0) is 6.54 Å². The maximum absolute atomic E-state index is 13.2. The lowest BCUT2D eigenvalue weighted by Gasteiger charge is -2.11. The van der Waals surface area contributed by atoms with E-state index >= 15 is 0 Å². The van der Waals surface area contributed by atoms with Crippen LogP contribution in [-0.4, -0.2) is 9.36 Å². The summed E-state index contributed by atoms with van der Waals surface area (Å²) in [5.74, 6) is -4.29. The van der Waals surface area contributed by atoms with Crippen molar-refractivity contribution >= 4 is 5.69 Å². The largest absolute Gasteiger partial charge is 0.393 e. The van der Waals surface area contributed by atoms with Crippen molar-refractivity contribution in [2.45, 2.75) is 20.4 Å². The van der Waals surface area contributed by atoms with Crippen LogP contribution in [0.3, 0.4) is 0 Å². The van der Waals surface area contributed by atoms with E-state index in [0.717, 1.165) is 16.8 Å². The molecular formula is C12H12F3N3O. The van der Waals surface area contributed by atoms with Crippen molar-refractivity contribution in [1.82, 2.24) is 9.36 Å². The van der Waals surface area contributed by atoms with E-state index in [0.29, 0.717) is 12.2 Å². The number of nitrogens with two attached hydrogens (primary N) is 1. The number of anilines is 1. The van der Waals surface area contributed by atoms with Gasteiger partial charge >= 0.3 is 0 Å². The van der Waals surface area contributed by atoms with Crippen LogP contribution in [0.4, 0.5) is 18.9 Å². The Morgan fingerprint density at radius 3 is 2.21 bits per heavy atom. The van der Waals surface area contributed by atoms with Gasteiger partial charge in [0.2, 0.25) is 0 Å². The molecule has 19 heavy (non-hydrogen) atoms. The number of benzene rings is 1. The fraction of sp³-hybridized carbons (Fsp3) is 0.250. The summed E-state index contributed by atoms with van der Waals surface area (Å²) in [5.41, 5.74) is 5.38. The summed E-state index contributed by atoms with van der Waals surface area (Å²) < 4.78 is 41.9. The molecule has 0 aliphatic rings. The molecule has 0 fully saturated rings. The van der Waals surface area contributed by atoms with Crippen molar-refractivity contribution < 1.29 is 13.2 Å². The zero-order chi connectivity index (χ0) is 14.3. The van der Waals surface area contributed by atoms with Gasteiger partial charge in [0.05, 0.1) is 11.4 Å². The van der Waals surface area contributed by atoms with Crippen LogP contribution < -0.4 is 11.3 Å². The SMILES string of the molecule is CCn1c(C)c(N)c(=O)n1-c1cc(F)c(F)c(F)c1. The predicted octanol–water partition coefficient (Wildman–Crippen LogP) is 1.97. The van der Waals surface area contributed by atoms with Gasteiger partial charge in [-0.1, -0.05) is 0 Å². The van der Waals surface area contributed by atoms with Gasteiger partial charge in [-0.25, -0.2) is 17.9 Å². The van der Waals surface area contributed by atoms with Crippen molar-refractivity contribution in [1.29, 1.82) is 0 Å². The van der Waals surface area contributed by atoms with E-state index in [9.17, 15) is 18.0 Å². The van der Waals surface area contributed by atoms with E-state index in [2.05, 4.69) is 0 Å². The zero-order valence-electron chi connectivity index (χ0n) is 10.4. The second kappa shape index (κ2) is 4.49. The van der Waals surface area contributed by atoms with E-state index < -0.39 is 23.0 Å². The minimum Gasteiger partial charge on any atom is -0.393 e. The summed E-state index contributed by atoms with van der Waals surface area (Å²) in [5, 5.41) is 0. The lowest BCUT2D eigenvalue weighted by atomic mass is 10.3. The third-order valence-corrected chi connectivity index (χ3v) is 2.95. The quantitative estimate of drug-likeness (QED) is 0.849. The average Bonchev–Trinajstić information content (AvgIpc) is 2.59. The molecule has 0 atom stereocenters. The summed E-state index contributed by atoms with van der Waals surface area (Å²) in [6, 6.07) is 1.51. The number of hydrogen-bond donors (Lipinski definition) is 1. The number of rotatable bonds is 2. The Kier molecular flexibility index (Phi) is 3.13. The van der Waals surface area contributed by atoms with E-state index in [4.69, 9.17) is 5.73 Å². The molecule has 0 spiro atoms. The summed E-state index contributed by atoms with van der Waals surface area (Å²) in [6.45, 7) is 3.74. The molecule has 4 nitrogen and oxygen atoms in total. The summed E-state index contributed by atoms with van der Waals surface area (Å²) in [4.78, 5) is 12.0. The van der Waals surface area contributed by atoms with Gasteiger partial charge in [-0.2, -0.15) is 0 Å². The Bertz CT molecular complexity index is 680. The summed E-state index contributed by atoms with van der Waals surface area (Å²) in [6.07, 6.45) is 0. The maximum Gasteiger partial charge on any atom is 0.294 e. The first-order valence-corrected chi connectivity index (χ1v) is 5.61. The topological polar surface area (TPSA) is 52.9 Å². The van der Waals surface area contributed by atoms with E-state index in [1.54, 1.807) is 13.8 Å². The van der Waals surface area contributed by atoms with Crippen LogP contribution in [0.1, 0.15) is 12.6 Å². The molecule has 0 unspecified atom stereocenters. The second-order valence-corrected chi connectivity index (χ2v) is 4.06. The summed E-state index contributed by atoms with van der Waals surface area (Å²) >= 11 is 0. The Balaban J connectivity index is 2.80. The maximum atomic E-state index is 13.2. The molecule has 0 amide bonds. The van der Waals surface area contributed by atoms with Crippen molar-refractivity contribution in [3.63, 3.8) is 0 Å². The molecule has 0 saturated carbocycles. The Hall–Kier alpha value is -2.18. The molecule has 0 bridgehead atoms. The number of halogens is 3. The van der Waals surface area contributed by atoms with Gasteiger partial charge in [-0.15, -0.1) is 0 Å². The molecule has 0 aliphatic carbocycles. The third kappa shape index (κ3) is 1.91. The van der Waals surface area contributed by atoms with Crippen LogP contribution in [0.15, 0.2) is 16.9 Å². The van der Waals surface area contributed by atoms with Crippen molar-refractivity contribution in [3.05, 3.63) is 45.6 Å². The highest BCUT2D eigenvalue weighted by Crippen LogP contribution is 2.18. The molecule has 1 aromatic carbocycles. The van der Waals surface area contributed by atoms with Gasteiger partial charge in [0.1, 0.15) is 5.69 Å². The van der Waals surface area contributed by atoms with Gasteiger partial charge in [0, 0.05) is 18.7 Å². The first-order valence-electron chi connectivity index (χ1n) is 5.61. The molecule has 1 aromatic heterocycles. The number of nitrogens with zero attached hydrogens (tertiary/aromatic N) is 2. The molecule has 0 saturated heterocycles. The lowest BCUT2D eigenvalue weighted by molar-refractivity contribution is 0.443. The Labute approximate surface area is 106 Å². The van der Waals surface area contributed by atoms with Gasteiger partial charge in [0.15, 0.2) is 17.5 Å². The van der Waals surface area contributed by atoms with Crippen molar-refractivity contribution in [2.75, 3.05) is 5.73 Å². The van der Waals surface area contributed by atoms with Crippen LogP contribution in [0.5, 0.6) is 0 Å². The number of aromatic nitrogens is 2. The smallest absolute Gasteiger partial charge is 0.294 e. The molecule has 2 rings (SSSR count). The second-order valence-electron chi connectivity index (χ2n) is 4.06. The number of nitrogen functional groups attached to an aromatic ring is 1. The molecule has 102 valence electrons. The van der Waals surface area contributed by atoms with Gasteiger partial charge < -0.3 is 5.73 Å². The van der Waals surface area contributed by atoms with Gasteiger partial charge in [0.25, 0.3) is 5.56 Å². The molecule has 0 radical (unpaired) electrons. The zero-order valence-corrected chi connectivity index (χ0v) is 10.4. The molecule has 1 heterocycles. The van der Waals surface area contributed by atoms with E-state index in [-0.39, 0.29) is 11.4 Å². The number of hydrogen-bond acceptors (Lipinski definition) is 2. The third-order valence-electron chi connectivity index (χ3n) is 2.95. The average molecular weight is 271 g/mol. The minimum atomic E-state index is -1.57. The highest BCUT2D eigenvalue weighted by Gasteiger charge is 2.18. The molecule has 2 aromatic rings. The van der Waals surface area contributed by atoms with E-state index in [1.807, 2.05) is 0 Å². The van der Waals surface area contributed by atoms with Crippen LogP contribution >= 0.6 is 0 Å². The van der Waals surface area contributed by atoms with Crippen molar-refractivity contribution in [3.8, 4) is 5.69 Å². The van der Waals surface area contributed by atoms with Crippen LogP contribution in [0, 0.1) is 24.4 Å². The van der Waals surface area contributed by atoms with Gasteiger partial charge in [-0.3, -0.25) is 9.48 Å². The molecule has 2 N–H and O–H groups in total. The van der Waals surface area contributed by atoms with Crippen molar-refractivity contribution in [2.24, 2.45) is 0 Å². The monoisotopic (exact) mass is 271 g/mol. The Morgan fingerprint density at radius 1 is 1.21 bits per heavy atom. The van der Waals surface area contributed by atoms with Gasteiger partial charge in [-0.05, 0) is 13.8 Å².